The molecule has 0 aliphatic heterocycles. The second-order valence-electron chi connectivity index (χ2n) is 5.82. The Labute approximate surface area is 154 Å². The van der Waals surface area contributed by atoms with E-state index in [-0.39, 0.29) is 0 Å². The first-order valence-corrected chi connectivity index (χ1v) is 9.51. The topological polar surface area (TPSA) is 75.3 Å². The highest BCUT2D eigenvalue weighted by Gasteiger charge is 2.15. The Hall–Kier alpha value is -1.71. The van der Waals surface area contributed by atoms with Crippen molar-refractivity contribution in [1.82, 2.24) is 15.6 Å². The average molecular weight is 385 g/mol. The first-order chi connectivity index (χ1) is 11.3. The summed E-state index contributed by atoms with van der Waals surface area (Å²) < 4.78 is 5.14. The van der Waals surface area contributed by atoms with E-state index in [1.165, 1.54) is 11.3 Å². The van der Waals surface area contributed by atoms with Crippen molar-refractivity contribution in [2.45, 2.75) is 26.4 Å². The minimum Gasteiger partial charge on any atom is -0.444 e. The summed E-state index contributed by atoms with van der Waals surface area (Å²) in [5.74, 6) is 0. The number of thiophene rings is 1. The Morgan fingerprint density at radius 3 is 2.71 bits per heavy atom. The molecule has 0 saturated heterocycles. The summed E-state index contributed by atoms with van der Waals surface area (Å²) >= 11 is 8.36. The molecule has 2 aromatic rings. The van der Waals surface area contributed by atoms with Gasteiger partial charge in [-0.15, -0.1) is 22.7 Å². The lowest BCUT2D eigenvalue weighted by Gasteiger charge is -2.19. The van der Waals surface area contributed by atoms with E-state index in [1.807, 2.05) is 43.7 Å². The van der Waals surface area contributed by atoms with Crippen LogP contribution in [-0.2, 0) is 4.74 Å². The molecule has 0 saturated carbocycles. The van der Waals surface area contributed by atoms with Crippen molar-refractivity contribution in [3.05, 3.63) is 22.9 Å². The second kappa shape index (κ2) is 8.41. The smallest absolute Gasteiger partial charge is 0.407 e. The number of hydrogen-bond acceptors (Lipinski definition) is 6. The summed E-state index contributed by atoms with van der Waals surface area (Å²) in [6, 6.07) is 4.03. The number of ether oxygens (including phenoxy) is 1. The zero-order chi connectivity index (χ0) is 17.6. The number of carbonyl (C=O) groups is 1. The Balaban J connectivity index is 1.68. The molecule has 0 aliphatic carbocycles. The highest BCUT2D eigenvalue weighted by molar-refractivity contribution is 7.80. The van der Waals surface area contributed by atoms with Gasteiger partial charge >= 0.3 is 6.09 Å². The van der Waals surface area contributed by atoms with E-state index in [2.05, 4.69) is 20.9 Å². The average Bonchev–Trinajstić information content (AvgIpc) is 3.12. The third kappa shape index (κ3) is 6.42. The molecule has 6 nitrogen and oxygen atoms in total. The van der Waals surface area contributed by atoms with Crippen LogP contribution in [0.15, 0.2) is 22.9 Å². The maximum Gasteiger partial charge on any atom is 0.407 e. The molecule has 0 fully saturated rings. The fourth-order valence-corrected chi connectivity index (χ4v) is 3.40. The van der Waals surface area contributed by atoms with E-state index in [0.717, 1.165) is 15.7 Å². The number of aromatic nitrogens is 1. The van der Waals surface area contributed by atoms with Crippen molar-refractivity contribution in [1.29, 1.82) is 0 Å². The third-order valence-electron chi connectivity index (χ3n) is 2.58. The maximum absolute atomic E-state index is 11.5. The van der Waals surface area contributed by atoms with Gasteiger partial charge < -0.3 is 20.7 Å². The normalized spacial score (nSPS) is 11.0. The number of rotatable bonds is 5. The monoisotopic (exact) mass is 384 g/mol. The maximum atomic E-state index is 11.5. The van der Waals surface area contributed by atoms with E-state index >= 15 is 0 Å². The van der Waals surface area contributed by atoms with Gasteiger partial charge in [0, 0.05) is 18.5 Å². The van der Waals surface area contributed by atoms with E-state index in [9.17, 15) is 4.79 Å². The Morgan fingerprint density at radius 1 is 1.29 bits per heavy atom. The Morgan fingerprint density at radius 2 is 2.04 bits per heavy atom. The quantitative estimate of drug-likeness (QED) is 0.539. The van der Waals surface area contributed by atoms with E-state index < -0.39 is 11.7 Å². The van der Waals surface area contributed by atoms with Crippen LogP contribution in [-0.4, -0.2) is 34.9 Å². The van der Waals surface area contributed by atoms with Crippen LogP contribution in [0.4, 0.5) is 9.93 Å². The molecule has 0 atom stereocenters. The second-order valence-corrected chi connectivity index (χ2v) is 8.04. The van der Waals surface area contributed by atoms with Gasteiger partial charge in [-0.25, -0.2) is 9.78 Å². The number of amides is 1. The molecule has 0 spiro atoms. The van der Waals surface area contributed by atoms with Crippen LogP contribution < -0.4 is 16.0 Å². The molecule has 2 aromatic heterocycles. The number of hydrogen-bond donors (Lipinski definition) is 3. The Bertz CT molecular complexity index is 677. The predicted molar refractivity (Wildman–Crippen MR) is 104 cm³/mol. The highest BCUT2D eigenvalue weighted by Crippen LogP contribution is 2.28. The minimum absolute atomic E-state index is 0.412. The summed E-state index contributed by atoms with van der Waals surface area (Å²) in [7, 11) is 0. The summed E-state index contributed by atoms with van der Waals surface area (Å²) in [6.07, 6.45) is -0.441. The zero-order valence-corrected chi connectivity index (χ0v) is 16.2. The van der Waals surface area contributed by atoms with Crippen molar-refractivity contribution >= 4 is 51.2 Å². The lowest BCUT2D eigenvalue weighted by Crippen LogP contribution is -2.39. The van der Waals surface area contributed by atoms with Crippen molar-refractivity contribution < 1.29 is 9.53 Å². The number of nitrogens with zero attached hydrogens (tertiary/aromatic N) is 1. The molecule has 2 heterocycles. The molecule has 0 aliphatic rings. The predicted octanol–water partition coefficient (Wildman–Crippen LogP) is 3.68. The number of alkyl carbamates (subject to hydrolysis) is 1. The molecular formula is C15H20N4O2S3. The SMILES string of the molecule is CC(C)(C)OC(=O)NCCNC(=S)Nc1nc(-c2cccs2)cs1. The number of anilines is 1. The molecule has 3 N–H and O–H groups in total. The molecule has 0 aromatic carbocycles. The molecule has 24 heavy (non-hydrogen) atoms. The van der Waals surface area contributed by atoms with Crippen molar-refractivity contribution in [2.75, 3.05) is 18.4 Å². The number of carbonyl (C=O) groups excluding carboxylic acids is 1. The summed E-state index contributed by atoms with van der Waals surface area (Å²) in [6.45, 7) is 6.37. The van der Waals surface area contributed by atoms with Gasteiger partial charge in [0.15, 0.2) is 10.2 Å². The third-order valence-corrected chi connectivity index (χ3v) is 4.47. The van der Waals surface area contributed by atoms with Gasteiger partial charge in [-0.3, -0.25) is 0 Å². The Kier molecular flexibility index (Phi) is 6.52. The van der Waals surface area contributed by atoms with Crippen LogP contribution in [0.1, 0.15) is 20.8 Å². The first-order valence-electron chi connectivity index (χ1n) is 7.34. The fourth-order valence-electron chi connectivity index (χ4n) is 1.66. The van der Waals surface area contributed by atoms with Crippen LogP contribution in [0.2, 0.25) is 0 Å². The fraction of sp³-hybridized carbons (Fsp3) is 0.400. The molecule has 9 heteroatoms. The van der Waals surface area contributed by atoms with Crippen LogP contribution in [0.3, 0.4) is 0 Å². The van der Waals surface area contributed by atoms with Gasteiger partial charge in [-0.1, -0.05) is 6.07 Å². The zero-order valence-electron chi connectivity index (χ0n) is 13.7. The minimum atomic E-state index is -0.501. The van der Waals surface area contributed by atoms with Gasteiger partial charge in [0.2, 0.25) is 0 Å². The van der Waals surface area contributed by atoms with Crippen LogP contribution in [0, 0.1) is 0 Å². The standard InChI is InChI=1S/C15H20N4O2S3/c1-15(2,3)21-14(20)17-7-6-16-12(22)19-13-18-10(9-24-13)11-5-4-8-23-11/h4-5,8-9H,6-7H2,1-3H3,(H,17,20)(H2,16,18,19,22). The molecule has 130 valence electrons. The summed E-state index contributed by atoms with van der Waals surface area (Å²) in [5, 5.41) is 13.9. The van der Waals surface area contributed by atoms with E-state index in [1.54, 1.807) is 11.3 Å². The van der Waals surface area contributed by atoms with Crippen molar-refractivity contribution in [2.24, 2.45) is 0 Å². The van der Waals surface area contributed by atoms with Gasteiger partial charge in [0.25, 0.3) is 0 Å². The van der Waals surface area contributed by atoms with Gasteiger partial charge in [0.1, 0.15) is 5.60 Å². The molecular weight excluding hydrogens is 364 g/mol. The van der Waals surface area contributed by atoms with Crippen molar-refractivity contribution in [3.8, 4) is 10.6 Å². The largest absolute Gasteiger partial charge is 0.444 e. The molecule has 0 radical (unpaired) electrons. The van der Waals surface area contributed by atoms with Gasteiger partial charge in [-0.05, 0) is 44.4 Å². The molecule has 1 amide bonds. The van der Waals surface area contributed by atoms with Crippen LogP contribution >= 0.6 is 34.9 Å². The van der Waals surface area contributed by atoms with Gasteiger partial charge in [0.05, 0.1) is 10.6 Å². The molecule has 0 bridgehead atoms. The molecule has 2 rings (SSSR count). The number of thiocarbonyl (C=S) groups is 1. The molecule has 0 unspecified atom stereocenters. The van der Waals surface area contributed by atoms with Gasteiger partial charge in [-0.2, -0.15) is 0 Å². The number of thiazole rings is 1. The first kappa shape index (κ1) is 18.6. The van der Waals surface area contributed by atoms with Crippen molar-refractivity contribution in [3.63, 3.8) is 0 Å². The van der Waals surface area contributed by atoms with Crippen LogP contribution in [0.25, 0.3) is 10.6 Å². The summed E-state index contributed by atoms with van der Waals surface area (Å²) in [5.41, 5.74) is 0.436. The van der Waals surface area contributed by atoms with E-state index in [0.29, 0.717) is 18.2 Å². The highest BCUT2D eigenvalue weighted by atomic mass is 32.1. The lowest BCUT2D eigenvalue weighted by molar-refractivity contribution is 0.0529. The number of nitrogens with one attached hydrogen (secondary N) is 3. The van der Waals surface area contributed by atoms with Crippen LogP contribution in [0.5, 0.6) is 0 Å². The van der Waals surface area contributed by atoms with E-state index in [4.69, 9.17) is 17.0 Å². The summed E-state index contributed by atoms with van der Waals surface area (Å²) in [4.78, 5) is 17.1. The lowest BCUT2D eigenvalue weighted by atomic mass is 10.2.